The van der Waals surface area contributed by atoms with Crippen LogP contribution in [0.3, 0.4) is 0 Å². The predicted molar refractivity (Wildman–Crippen MR) is 59.8 cm³/mol. The minimum atomic E-state index is 0.146. The molecular weight excluding hydrogens is 192 g/mol. The number of rotatable bonds is 5. The van der Waals surface area contributed by atoms with Gasteiger partial charge in [-0.1, -0.05) is 12.8 Å². The number of carbonyl (C=O) groups is 1. The number of amides is 1. The molecule has 0 aliphatic carbocycles. The summed E-state index contributed by atoms with van der Waals surface area (Å²) >= 11 is 0. The van der Waals surface area contributed by atoms with Crippen molar-refractivity contribution in [3.05, 3.63) is 0 Å². The van der Waals surface area contributed by atoms with E-state index in [1.165, 1.54) is 12.8 Å². The van der Waals surface area contributed by atoms with Gasteiger partial charge in [-0.25, -0.2) is 0 Å². The summed E-state index contributed by atoms with van der Waals surface area (Å²) in [5.74, 6) is 0.146. The van der Waals surface area contributed by atoms with E-state index in [2.05, 4.69) is 5.32 Å². The summed E-state index contributed by atoms with van der Waals surface area (Å²) in [5.41, 5.74) is 0. The molecule has 0 spiro atoms. The van der Waals surface area contributed by atoms with E-state index >= 15 is 0 Å². The molecule has 0 aromatic heterocycles. The monoisotopic (exact) mass is 214 g/mol. The zero-order valence-corrected chi connectivity index (χ0v) is 9.63. The Morgan fingerprint density at radius 3 is 2.53 bits per heavy atom. The van der Waals surface area contributed by atoms with E-state index in [1.807, 2.05) is 11.9 Å². The number of hydrogen-bond acceptors (Lipinski definition) is 3. The molecule has 1 rings (SSSR count). The summed E-state index contributed by atoms with van der Waals surface area (Å²) in [5, 5.41) is 2.98. The SMILES string of the molecule is CNCCOCC(=O)N1CCCCCC1. The zero-order chi connectivity index (χ0) is 10.9. The van der Waals surface area contributed by atoms with Gasteiger partial charge < -0.3 is 15.0 Å². The Balaban J connectivity index is 2.14. The molecule has 88 valence electrons. The molecule has 4 nitrogen and oxygen atoms in total. The molecule has 0 aromatic carbocycles. The van der Waals surface area contributed by atoms with Crippen LogP contribution in [0.15, 0.2) is 0 Å². The molecule has 0 unspecified atom stereocenters. The standard InChI is InChI=1S/C11H22N2O2/c1-12-6-9-15-10-11(14)13-7-4-2-3-5-8-13/h12H,2-10H2,1H3. The number of likely N-dealkylation sites (tertiary alicyclic amines) is 1. The highest BCUT2D eigenvalue weighted by Gasteiger charge is 2.14. The summed E-state index contributed by atoms with van der Waals surface area (Å²) in [6.45, 7) is 3.47. The first-order valence-electron chi connectivity index (χ1n) is 5.84. The van der Waals surface area contributed by atoms with Crippen LogP contribution in [-0.2, 0) is 9.53 Å². The summed E-state index contributed by atoms with van der Waals surface area (Å²) in [6, 6.07) is 0. The van der Waals surface area contributed by atoms with Crippen LogP contribution in [-0.4, -0.2) is 50.7 Å². The van der Waals surface area contributed by atoms with Crippen LogP contribution in [0.5, 0.6) is 0 Å². The van der Waals surface area contributed by atoms with E-state index in [0.29, 0.717) is 6.61 Å². The molecule has 1 aliphatic rings. The van der Waals surface area contributed by atoms with Gasteiger partial charge in [-0.3, -0.25) is 4.79 Å². The lowest BCUT2D eigenvalue weighted by atomic mass is 10.2. The van der Waals surface area contributed by atoms with Gasteiger partial charge in [-0.15, -0.1) is 0 Å². The van der Waals surface area contributed by atoms with Crippen LogP contribution in [0.25, 0.3) is 0 Å². The van der Waals surface area contributed by atoms with Gasteiger partial charge in [0, 0.05) is 19.6 Å². The van der Waals surface area contributed by atoms with Crippen molar-refractivity contribution < 1.29 is 9.53 Å². The van der Waals surface area contributed by atoms with Gasteiger partial charge in [0.05, 0.1) is 6.61 Å². The maximum absolute atomic E-state index is 11.7. The molecule has 1 saturated heterocycles. The molecule has 1 aliphatic heterocycles. The Morgan fingerprint density at radius 1 is 1.27 bits per heavy atom. The van der Waals surface area contributed by atoms with Gasteiger partial charge in [0.2, 0.25) is 5.91 Å². The van der Waals surface area contributed by atoms with Crippen molar-refractivity contribution in [2.75, 3.05) is 39.9 Å². The quantitative estimate of drug-likeness (QED) is 0.682. The Labute approximate surface area is 92.0 Å². The topological polar surface area (TPSA) is 41.6 Å². The molecule has 0 radical (unpaired) electrons. The molecule has 1 amide bonds. The highest BCUT2D eigenvalue weighted by atomic mass is 16.5. The molecular formula is C11H22N2O2. The molecule has 1 heterocycles. The fourth-order valence-electron chi connectivity index (χ4n) is 1.75. The summed E-state index contributed by atoms with van der Waals surface area (Å²) < 4.78 is 5.28. The maximum Gasteiger partial charge on any atom is 0.248 e. The Morgan fingerprint density at radius 2 is 1.93 bits per heavy atom. The van der Waals surface area contributed by atoms with Crippen molar-refractivity contribution in [1.29, 1.82) is 0 Å². The molecule has 1 N–H and O–H groups in total. The number of nitrogens with one attached hydrogen (secondary N) is 1. The van der Waals surface area contributed by atoms with Gasteiger partial charge in [-0.2, -0.15) is 0 Å². The first-order valence-corrected chi connectivity index (χ1v) is 5.84. The van der Waals surface area contributed by atoms with E-state index in [1.54, 1.807) is 0 Å². The first kappa shape index (κ1) is 12.5. The molecule has 15 heavy (non-hydrogen) atoms. The van der Waals surface area contributed by atoms with E-state index in [9.17, 15) is 4.79 Å². The van der Waals surface area contributed by atoms with Crippen LogP contribution in [0, 0.1) is 0 Å². The van der Waals surface area contributed by atoms with Gasteiger partial charge in [0.15, 0.2) is 0 Å². The van der Waals surface area contributed by atoms with Crippen LogP contribution in [0.1, 0.15) is 25.7 Å². The van der Waals surface area contributed by atoms with Gasteiger partial charge >= 0.3 is 0 Å². The van der Waals surface area contributed by atoms with Gasteiger partial charge in [0.1, 0.15) is 6.61 Å². The summed E-state index contributed by atoms with van der Waals surface area (Å²) in [6.07, 6.45) is 4.79. The minimum Gasteiger partial charge on any atom is -0.370 e. The van der Waals surface area contributed by atoms with E-state index in [4.69, 9.17) is 4.74 Å². The van der Waals surface area contributed by atoms with Crippen molar-refractivity contribution in [2.24, 2.45) is 0 Å². The largest absolute Gasteiger partial charge is 0.370 e. The van der Waals surface area contributed by atoms with E-state index in [0.717, 1.165) is 32.5 Å². The second-order valence-electron chi connectivity index (χ2n) is 3.95. The van der Waals surface area contributed by atoms with Crippen LogP contribution in [0.4, 0.5) is 0 Å². The lowest BCUT2D eigenvalue weighted by Gasteiger charge is -2.20. The van der Waals surface area contributed by atoms with Crippen molar-refractivity contribution in [2.45, 2.75) is 25.7 Å². The second kappa shape index (κ2) is 7.65. The minimum absolute atomic E-state index is 0.146. The Kier molecular flexibility index (Phi) is 6.36. The average Bonchev–Trinajstić information content (AvgIpc) is 2.52. The smallest absolute Gasteiger partial charge is 0.248 e. The van der Waals surface area contributed by atoms with E-state index < -0.39 is 0 Å². The summed E-state index contributed by atoms with van der Waals surface area (Å²) in [4.78, 5) is 13.6. The van der Waals surface area contributed by atoms with Crippen molar-refractivity contribution >= 4 is 5.91 Å². The number of ether oxygens (including phenoxy) is 1. The lowest BCUT2D eigenvalue weighted by molar-refractivity contribution is -0.136. The fourth-order valence-corrected chi connectivity index (χ4v) is 1.75. The first-order chi connectivity index (χ1) is 7.34. The molecule has 0 atom stereocenters. The van der Waals surface area contributed by atoms with Gasteiger partial charge in [-0.05, 0) is 19.9 Å². The third-order valence-electron chi connectivity index (χ3n) is 2.68. The third kappa shape index (κ3) is 5.14. The Bertz CT molecular complexity index is 177. The fraction of sp³-hybridized carbons (Fsp3) is 0.909. The van der Waals surface area contributed by atoms with Crippen LogP contribution >= 0.6 is 0 Å². The van der Waals surface area contributed by atoms with Crippen molar-refractivity contribution in [1.82, 2.24) is 10.2 Å². The molecule has 0 bridgehead atoms. The predicted octanol–water partition coefficient (Wildman–Crippen LogP) is 0.625. The van der Waals surface area contributed by atoms with Crippen molar-refractivity contribution in [3.8, 4) is 0 Å². The molecule has 4 heteroatoms. The van der Waals surface area contributed by atoms with Crippen LogP contribution in [0.2, 0.25) is 0 Å². The third-order valence-corrected chi connectivity index (χ3v) is 2.68. The maximum atomic E-state index is 11.7. The number of carbonyl (C=O) groups excluding carboxylic acids is 1. The summed E-state index contributed by atoms with van der Waals surface area (Å²) in [7, 11) is 1.87. The van der Waals surface area contributed by atoms with Crippen molar-refractivity contribution in [3.63, 3.8) is 0 Å². The highest BCUT2D eigenvalue weighted by molar-refractivity contribution is 5.77. The van der Waals surface area contributed by atoms with Crippen LogP contribution < -0.4 is 5.32 Å². The molecule has 0 aromatic rings. The second-order valence-corrected chi connectivity index (χ2v) is 3.95. The zero-order valence-electron chi connectivity index (χ0n) is 9.63. The Hall–Kier alpha value is -0.610. The normalized spacial score (nSPS) is 17.5. The molecule has 0 saturated carbocycles. The highest BCUT2D eigenvalue weighted by Crippen LogP contribution is 2.09. The number of hydrogen-bond donors (Lipinski definition) is 1. The number of likely N-dealkylation sites (N-methyl/N-ethyl adjacent to an activating group) is 1. The molecule has 1 fully saturated rings. The lowest BCUT2D eigenvalue weighted by Crippen LogP contribution is -2.35. The number of nitrogens with zero attached hydrogens (tertiary/aromatic N) is 1. The average molecular weight is 214 g/mol. The van der Waals surface area contributed by atoms with E-state index in [-0.39, 0.29) is 12.5 Å². The van der Waals surface area contributed by atoms with Gasteiger partial charge in [0.25, 0.3) is 0 Å².